The molecule has 1 aromatic carbocycles. The normalized spacial score (nSPS) is 26.8. The second-order valence-electron chi connectivity index (χ2n) is 7.96. The van der Waals surface area contributed by atoms with E-state index in [9.17, 15) is 19.2 Å². The molecule has 3 rings (SSSR count). The molecule has 2 heterocycles. The number of amides is 1. The maximum atomic E-state index is 13.1. The van der Waals surface area contributed by atoms with Crippen LogP contribution < -0.4 is 11.1 Å². The summed E-state index contributed by atoms with van der Waals surface area (Å²) in [6, 6.07) is 7.10. The minimum atomic E-state index is -0.764. The van der Waals surface area contributed by atoms with Gasteiger partial charge in [0, 0.05) is 31.7 Å². The van der Waals surface area contributed by atoms with Crippen molar-refractivity contribution in [2.45, 2.75) is 56.4 Å². The lowest BCUT2D eigenvalue weighted by molar-refractivity contribution is -0.133. The van der Waals surface area contributed by atoms with Crippen molar-refractivity contribution in [1.82, 2.24) is 15.1 Å². The third-order valence-corrected chi connectivity index (χ3v) is 5.90. The van der Waals surface area contributed by atoms with E-state index >= 15 is 0 Å². The monoisotopic (exact) mass is 401 g/mol. The van der Waals surface area contributed by atoms with Gasteiger partial charge in [0.1, 0.15) is 18.1 Å². The molecule has 1 aromatic rings. The van der Waals surface area contributed by atoms with E-state index in [4.69, 9.17) is 5.73 Å². The molecule has 2 aliphatic heterocycles. The first-order valence-electron chi connectivity index (χ1n) is 10.1. The molecule has 29 heavy (non-hydrogen) atoms. The Morgan fingerprint density at radius 2 is 2.17 bits per heavy atom. The Balaban J connectivity index is 1.57. The minimum absolute atomic E-state index is 0.00384. The van der Waals surface area contributed by atoms with E-state index in [1.54, 1.807) is 17.0 Å². The largest absolute Gasteiger partial charge is 0.325 e. The van der Waals surface area contributed by atoms with Crippen LogP contribution in [0.25, 0.3) is 0 Å². The Morgan fingerprint density at radius 3 is 2.83 bits per heavy atom. The topological polar surface area (TPSA) is 102 Å². The Bertz CT molecular complexity index is 765. The quantitative estimate of drug-likeness (QED) is 0.660. The number of carbonyl (C=O) groups is 2. The van der Waals surface area contributed by atoms with Gasteiger partial charge in [-0.3, -0.25) is 9.69 Å². The van der Waals surface area contributed by atoms with Crippen LogP contribution in [-0.4, -0.2) is 65.8 Å². The van der Waals surface area contributed by atoms with Crippen LogP contribution in [-0.2, 0) is 9.59 Å². The van der Waals surface area contributed by atoms with Gasteiger partial charge in [-0.2, -0.15) is 5.26 Å². The van der Waals surface area contributed by atoms with E-state index in [1.807, 2.05) is 11.8 Å². The van der Waals surface area contributed by atoms with Gasteiger partial charge in [-0.25, -0.2) is 4.39 Å². The summed E-state index contributed by atoms with van der Waals surface area (Å²) in [7, 11) is 0. The summed E-state index contributed by atoms with van der Waals surface area (Å²) < 4.78 is 13.1. The van der Waals surface area contributed by atoms with Crippen molar-refractivity contribution >= 4 is 12.2 Å². The zero-order chi connectivity index (χ0) is 21.0. The maximum Gasteiger partial charge on any atom is 0.241 e. The molecular formula is C21H28FN5O2. The lowest BCUT2D eigenvalue weighted by atomic mass is 10.1. The van der Waals surface area contributed by atoms with Gasteiger partial charge in [-0.15, -0.1) is 0 Å². The molecule has 5 atom stereocenters. The van der Waals surface area contributed by atoms with Gasteiger partial charge in [0.2, 0.25) is 5.91 Å². The highest BCUT2D eigenvalue weighted by Crippen LogP contribution is 2.22. The first-order chi connectivity index (χ1) is 13.9. The summed E-state index contributed by atoms with van der Waals surface area (Å²) in [5.41, 5.74) is 7.12. The van der Waals surface area contributed by atoms with Gasteiger partial charge in [-0.1, -0.05) is 12.1 Å². The fourth-order valence-corrected chi connectivity index (χ4v) is 4.32. The number of aldehydes is 1. The van der Waals surface area contributed by atoms with Crippen molar-refractivity contribution in [2.75, 3.05) is 19.6 Å². The summed E-state index contributed by atoms with van der Waals surface area (Å²) in [5.74, 6) is -0.501. The average molecular weight is 401 g/mol. The molecule has 3 N–H and O–H groups in total. The van der Waals surface area contributed by atoms with Crippen molar-refractivity contribution in [3.8, 4) is 6.07 Å². The van der Waals surface area contributed by atoms with Gasteiger partial charge in [0.05, 0.1) is 18.2 Å². The van der Waals surface area contributed by atoms with Crippen molar-refractivity contribution in [3.05, 3.63) is 35.6 Å². The molecule has 0 aromatic heterocycles. The molecular weight excluding hydrogens is 373 g/mol. The van der Waals surface area contributed by atoms with Crippen molar-refractivity contribution in [2.24, 2.45) is 5.73 Å². The summed E-state index contributed by atoms with van der Waals surface area (Å²) in [6.45, 7) is 3.43. The van der Waals surface area contributed by atoms with E-state index in [0.717, 1.165) is 18.3 Å². The summed E-state index contributed by atoms with van der Waals surface area (Å²) in [4.78, 5) is 27.7. The number of nitrogens with one attached hydrogen (secondary N) is 1. The standard InChI is InChI=1S/C21H28FN5O2/c1-14(15-4-6-16(22)7-5-15)25-17-9-19(13-28)26(11-17)12-20(24)21(29)27-8-2-3-18(27)10-23/h4-7,13-14,17-20,25H,2-3,8-9,11-12,24H2,1H3/t14-,17?,18-,19?,20?/m0/s1. The first kappa shape index (κ1) is 21.4. The number of carbonyl (C=O) groups excluding carboxylic acids is 2. The molecule has 156 valence electrons. The number of hydrogen-bond acceptors (Lipinski definition) is 6. The number of rotatable bonds is 7. The van der Waals surface area contributed by atoms with Crippen LogP contribution in [0.15, 0.2) is 24.3 Å². The van der Waals surface area contributed by atoms with Crippen LogP contribution >= 0.6 is 0 Å². The summed E-state index contributed by atoms with van der Waals surface area (Å²) in [6.07, 6.45) is 3.02. The van der Waals surface area contributed by atoms with Crippen LogP contribution in [0.3, 0.4) is 0 Å². The van der Waals surface area contributed by atoms with E-state index < -0.39 is 12.1 Å². The van der Waals surface area contributed by atoms with E-state index in [0.29, 0.717) is 25.9 Å². The number of nitrogens with two attached hydrogens (primary N) is 1. The third-order valence-electron chi connectivity index (χ3n) is 5.90. The summed E-state index contributed by atoms with van der Waals surface area (Å²) >= 11 is 0. The number of nitrogens with zero attached hydrogens (tertiary/aromatic N) is 3. The molecule has 2 fully saturated rings. The van der Waals surface area contributed by atoms with E-state index in [-0.39, 0.29) is 36.4 Å². The molecule has 8 heteroatoms. The van der Waals surface area contributed by atoms with E-state index in [2.05, 4.69) is 11.4 Å². The van der Waals surface area contributed by atoms with Crippen molar-refractivity contribution in [3.63, 3.8) is 0 Å². The first-order valence-corrected chi connectivity index (χ1v) is 10.1. The number of nitriles is 1. The molecule has 0 radical (unpaired) electrons. The lowest BCUT2D eigenvalue weighted by Crippen LogP contribution is -2.52. The lowest BCUT2D eigenvalue weighted by Gasteiger charge is -2.28. The predicted octanol–water partition coefficient (Wildman–Crippen LogP) is 0.960. The van der Waals surface area contributed by atoms with Crippen LogP contribution in [0, 0.1) is 17.1 Å². The van der Waals surface area contributed by atoms with Gasteiger partial charge >= 0.3 is 0 Å². The highest BCUT2D eigenvalue weighted by molar-refractivity contribution is 5.83. The number of hydrogen-bond donors (Lipinski definition) is 2. The van der Waals surface area contributed by atoms with Crippen LogP contribution in [0.4, 0.5) is 4.39 Å². The molecule has 0 bridgehead atoms. The van der Waals surface area contributed by atoms with Gasteiger partial charge in [0.25, 0.3) is 0 Å². The SMILES string of the molecule is C[C@H](NC1CC(C=O)N(CC(N)C(=O)N2CCC[C@H]2C#N)C1)c1ccc(F)cc1. The highest BCUT2D eigenvalue weighted by atomic mass is 19.1. The predicted molar refractivity (Wildman–Crippen MR) is 106 cm³/mol. The van der Waals surface area contributed by atoms with Crippen molar-refractivity contribution in [1.29, 1.82) is 5.26 Å². The van der Waals surface area contributed by atoms with Crippen molar-refractivity contribution < 1.29 is 14.0 Å². The van der Waals surface area contributed by atoms with Crippen LogP contribution in [0.1, 0.15) is 37.8 Å². The Kier molecular flexibility index (Phi) is 6.96. The van der Waals surface area contributed by atoms with E-state index in [1.165, 1.54) is 12.1 Å². The van der Waals surface area contributed by atoms with Gasteiger partial charge in [-0.05, 0) is 43.9 Å². The smallest absolute Gasteiger partial charge is 0.241 e. The number of benzene rings is 1. The second-order valence-corrected chi connectivity index (χ2v) is 7.96. The average Bonchev–Trinajstić information content (AvgIpc) is 3.34. The highest BCUT2D eigenvalue weighted by Gasteiger charge is 2.37. The minimum Gasteiger partial charge on any atom is -0.325 e. The van der Waals surface area contributed by atoms with Crippen LogP contribution in [0.5, 0.6) is 0 Å². The Labute approximate surface area is 170 Å². The molecule has 0 spiro atoms. The fraction of sp³-hybridized carbons (Fsp3) is 0.571. The Hall–Kier alpha value is -2.34. The molecule has 7 nitrogen and oxygen atoms in total. The second kappa shape index (κ2) is 9.44. The molecule has 1 amide bonds. The number of likely N-dealkylation sites (tertiary alicyclic amines) is 2. The molecule has 2 aliphatic rings. The van der Waals surface area contributed by atoms with Gasteiger partial charge < -0.3 is 20.7 Å². The van der Waals surface area contributed by atoms with Gasteiger partial charge in [0.15, 0.2) is 0 Å². The number of halogens is 1. The zero-order valence-electron chi connectivity index (χ0n) is 16.6. The Morgan fingerprint density at radius 1 is 1.45 bits per heavy atom. The molecule has 0 aliphatic carbocycles. The molecule has 2 saturated heterocycles. The molecule has 0 saturated carbocycles. The maximum absolute atomic E-state index is 13.1. The zero-order valence-corrected chi connectivity index (χ0v) is 16.6. The molecule has 3 unspecified atom stereocenters. The fourth-order valence-electron chi connectivity index (χ4n) is 4.32. The third kappa shape index (κ3) is 4.99. The van der Waals surface area contributed by atoms with Crippen LogP contribution in [0.2, 0.25) is 0 Å². The summed E-state index contributed by atoms with van der Waals surface area (Å²) in [5, 5.41) is 12.7.